The molecule has 1 amide bonds. The Kier molecular flexibility index (Phi) is 4.64. The summed E-state index contributed by atoms with van der Waals surface area (Å²) in [5, 5.41) is 10.0. The number of nitrogens with zero attached hydrogens (tertiary/aromatic N) is 1. The Morgan fingerprint density at radius 1 is 1.36 bits per heavy atom. The highest BCUT2D eigenvalue weighted by atomic mass is 32.1. The van der Waals surface area contributed by atoms with Crippen LogP contribution in [0.1, 0.15) is 34.8 Å². The maximum absolute atomic E-state index is 12.8. The fourth-order valence-corrected chi connectivity index (χ4v) is 3.93. The molecule has 1 N–H and O–H groups in total. The van der Waals surface area contributed by atoms with Gasteiger partial charge in [0, 0.05) is 9.75 Å². The summed E-state index contributed by atoms with van der Waals surface area (Å²) in [6.45, 7) is 3.08. The number of thiophene rings is 1. The van der Waals surface area contributed by atoms with Crippen LogP contribution in [0, 0.1) is 12.8 Å². The van der Waals surface area contributed by atoms with E-state index in [1.54, 1.807) is 17.6 Å². The molecule has 2 heterocycles. The highest BCUT2D eigenvalue weighted by molar-refractivity contribution is 7.11. The first-order valence-electron chi connectivity index (χ1n) is 7.68. The van der Waals surface area contributed by atoms with Crippen molar-refractivity contribution >= 4 is 17.2 Å². The van der Waals surface area contributed by atoms with Crippen molar-refractivity contribution in [3.05, 3.63) is 46.0 Å². The SMILES string of the molecule is Cc1ccc(CN(Cc2ccco2)C(=O)C2CCCC2O)s1. The summed E-state index contributed by atoms with van der Waals surface area (Å²) in [5.74, 6) is 0.539. The molecule has 2 aromatic rings. The van der Waals surface area contributed by atoms with Crippen LogP contribution in [0.2, 0.25) is 0 Å². The second-order valence-electron chi connectivity index (χ2n) is 5.89. The van der Waals surface area contributed by atoms with Gasteiger partial charge in [-0.2, -0.15) is 0 Å². The zero-order valence-electron chi connectivity index (χ0n) is 12.7. The first-order valence-corrected chi connectivity index (χ1v) is 8.49. The van der Waals surface area contributed by atoms with E-state index in [-0.39, 0.29) is 11.8 Å². The van der Waals surface area contributed by atoms with E-state index in [4.69, 9.17) is 4.42 Å². The van der Waals surface area contributed by atoms with E-state index in [1.807, 2.05) is 17.0 Å². The van der Waals surface area contributed by atoms with Crippen molar-refractivity contribution in [2.45, 2.75) is 45.4 Å². The molecule has 2 unspecified atom stereocenters. The summed E-state index contributed by atoms with van der Waals surface area (Å²) in [5.41, 5.74) is 0. The molecule has 1 fully saturated rings. The first-order chi connectivity index (χ1) is 10.6. The van der Waals surface area contributed by atoms with Crippen molar-refractivity contribution in [3.8, 4) is 0 Å². The van der Waals surface area contributed by atoms with Crippen LogP contribution in [0.5, 0.6) is 0 Å². The lowest BCUT2D eigenvalue weighted by Gasteiger charge is -2.26. The Balaban J connectivity index is 1.77. The minimum Gasteiger partial charge on any atom is -0.467 e. The number of hydrogen-bond acceptors (Lipinski definition) is 4. The van der Waals surface area contributed by atoms with Gasteiger partial charge >= 0.3 is 0 Å². The van der Waals surface area contributed by atoms with Gasteiger partial charge in [-0.25, -0.2) is 0 Å². The van der Waals surface area contributed by atoms with Gasteiger partial charge in [-0.3, -0.25) is 4.79 Å². The number of amides is 1. The van der Waals surface area contributed by atoms with Crippen LogP contribution < -0.4 is 0 Å². The summed E-state index contributed by atoms with van der Waals surface area (Å²) in [7, 11) is 0. The molecule has 118 valence electrons. The number of hydrogen-bond donors (Lipinski definition) is 1. The third-order valence-corrected chi connectivity index (χ3v) is 5.16. The van der Waals surface area contributed by atoms with E-state index in [0.29, 0.717) is 13.1 Å². The van der Waals surface area contributed by atoms with Gasteiger partial charge in [0.05, 0.1) is 31.4 Å². The molecule has 4 nitrogen and oxygen atoms in total. The van der Waals surface area contributed by atoms with Crippen LogP contribution in [-0.2, 0) is 17.9 Å². The molecule has 3 rings (SSSR count). The van der Waals surface area contributed by atoms with E-state index in [9.17, 15) is 9.90 Å². The molecule has 2 atom stereocenters. The van der Waals surface area contributed by atoms with Crippen molar-refractivity contribution in [1.82, 2.24) is 4.90 Å². The molecule has 0 aromatic carbocycles. The minimum atomic E-state index is -0.503. The summed E-state index contributed by atoms with van der Waals surface area (Å²) < 4.78 is 5.39. The second-order valence-corrected chi connectivity index (χ2v) is 7.26. The fraction of sp³-hybridized carbons (Fsp3) is 0.471. The van der Waals surface area contributed by atoms with Crippen molar-refractivity contribution in [2.75, 3.05) is 0 Å². The summed E-state index contributed by atoms with van der Waals surface area (Å²) in [6, 6.07) is 7.84. The number of rotatable bonds is 5. The number of furan rings is 1. The molecule has 0 bridgehead atoms. The van der Waals surface area contributed by atoms with Crippen molar-refractivity contribution in [2.24, 2.45) is 5.92 Å². The molecule has 0 radical (unpaired) electrons. The van der Waals surface area contributed by atoms with Gasteiger partial charge in [-0.1, -0.05) is 0 Å². The summed E-state index contributed by atoms with van der Waals surface area (Å²) >= 11 is 1.70. The van der Waals surface area contributed by atoms with E-state index < -0.39 is 6.10 Å². The predicted octanol–water partition coefficient (Wildman–Crippen LogP) is 3.34. The van der Waals surface area contributed by atoms with Crippen LogP contribution in [0.15, 0.2) is 34.9 Å². The molecule has 0 aliphatic heterocycles. The third-order valence-electron chi connectivity index (χ3n) is 4.18. The maximum atomic E-state index is 12.8. The average Bonchev–Trinajstić information content (AvgIpc) is 3.21. The average molecular weight is 319 g/mol. The highest BCUT2D eigenvalue weighted by Crippen LogP contribution is 2.29. The van der Waals surface area contributed by atoms with E-state index in [0.717, 1.165) is 29.9 Å². The largest absolute Gasteiger partial charge is 0.467 e. The second kappa shape index (κ2) is 6.67. The highest BCUT2D eigenvalue weighted by Gasteiger charge is 2.34. The van der Waals surface area contributed by atoms with Gasteiger partial charge in [0.2, 0.25) is 5.91 Å². The molecule has 0 saturated heterocycles. The first kappa shape index (κ1) is 15.3. The molecular formula is C17H21NO3S. The summed E-state index contributed by atoms with van der Waals surface area (Å²) in [6.07, 6.45) is 3.54. The molecule has 22 heavy (non-hydrogen) atoms. The number of carbonyl (C=O) groups excluding carboxylic acids is 1. The lowest BCUT2D eigenvalue weighted by molar-refractivity contribution is -0.139. The van der Waals surface area contributed by atoms with Gasteiger partial charge in [0.25, 0.3) is 0 Å². The van der Waals surface area contributed by atoms with Crippen LogP contribution in [-0.4, -0.2) is 22.0 Å². The lowest BCUT2D eigenvalue weighted by atomic mass is 10.0. The van der Waals surface area contributed by atoms with Crippen LogP contribution in [0.4, 0.5) is 0 Å². The quantitative estimate of drug-likeness (QED) is 0.919. The Hall–Kier alpha value is -1.59. The van der Waals surface area contributed by atoms with E-state index in [1.165, 1.54) is 4.88 Å². The number of aliphatic hydroxyl groups is 1. The number of aliphatic hydroxyl groups excluding tert-OH is 1. The molecule has 0 spiro atoms. The normalized spacial score (nSPS) is 21.2. The van der Waals surface area contributed by atoms with Crippen LogP contribution in [0.25, 0.3) is 0 Å². The predicted molar refractivity (Wildman–Crippen MR) is 85.4 cm³/mol. The standard InChI is InChI=1S/C17H21NO3S/c1-12-7-8-14(22-12)11-18(10-13-4-3-9-21-13)17(20)15-5-2-6-16(15)19/h3-4,7-9,15-16,19H,2,5-6,10-11H2,1H3. The topological polar surface area (TPSA) is 53.7 Å². The van der Waals surface area contributed by atoms with Gasteiger partial charge < -0.3 is 14.4 Å². The smallest absolute Gasteiger partial charge is 0.229 e. The molecule has 5 heteroatoms. The van der Waals surface area contributed by atoms with Gasteiger partial charge in [-0.15, -0.1) is 11.3 Å². The summed E-state index contributed by atoms with van der Waals surface area (Å²) in [4.78, 5) is 17.0. The van der Waals surface area contributed by atoms with Gasteiger partial charge in [0.15, 0.2) is 0 Å². The van der Waals surface area contributed by atoms with Crippen molar-refractivity contribution in [1.29, 1.82) is 0 Å². The molecule has 2 aromatic heterocycles. The Morgan fingerprint density at radius 3 is 2.82 bits per heavy atom. The monoisotopic (exact) mass is 319 g/mol. The Labute approximate surface area is 134 Å². The van der Waals surface area contributed by atoms with E-state index >= 15 is 0 Å². The Bertz CT molecular complexity index is 620. The maximum Gasteiger partial charge on any atom is 0.229 e. The van der Waals surface area contributed by atoms with Crippen LogP contribution in [0.3, 0.4) is 0 Å². The van der Waals surface area contributed by atoms with Crippen molar-refractivity contribution < 1.29 is 14.3 Å². The van der Waals surface area contributed by atoms with Crippen molar-refractivity contribution in [3.63, 3.8) is 0 Å². The number of carbonyl (C=O) groups is 1. The van der Waals surface area contributed by atoms with Crippen LogP contribution >= 0.6 is 11.3 Å². The third kappa shape index (κ3) is 3.42. The zero-order chi connectivity index (χ0) is 15.5. The van der Waals surface area contributed by atoms with Gasteiger partial charge in [-0.05, 0) is 50.5 Å². The minimum absolute atomic E-state index is 0.0347. The molecular weight excluding hydrogens is 298 g/mol. The van der Waals surface area contributed by atoms with E-state index in [2.05, 4.69) is 19.1 Å². The molecule has 1 aliphatic carbocycles. The zero-order valence-corrected chi connectivity index (χ0v) is 13.5. The van der Waals surface area contributed by atoms with Gasteiger partial charge in [0.1, 0.15) is 5.76 Å². The number of aryl methyl sites for hydroxylation is 1. The molecule has 1 aliphatic rings. The lowest BCUT2D eigenvalue weighted by Crippen LogP contribution is -2.38. The fourth-order valence-electron chi connectivity index (χ4n) is 3.02. The molecule has 1 saturated carbocycles. The Morgan fingerprint density at radius 2 is 2.23 bits per heavy atom.